The zero-order valence-electron chi connectivity index (χ0n) is 14.4. The molecule has 1 aliphatic carbocycles. The van der Waals surface area contributed by atoms with E-state index in [1.165, 1.54) is 0 Å². The number of aryl methyl sites for hydroxylation is 1. The lowest BCUT2D eigenvalue weighted by molar-refractivity contribution is 0.0967. The fourth-order valence-corrected chi connectivity index (χ4v) is 3.20. The van der Waals surface area contributed by atoms with Gasteiger partial charge in [-0.25, -0.2) is 9.97 Å². The van der Waals surface area contributed by atoms with E-state index in [0.29, 0.717) is 23.7 Å². The van der Waals surface area contributed by atoms with Crippen molar-refractivity contribution < 1.29 is 14.3 Å². The van der Waals surface area contributed by atoms with Crippen LogP contribution in [0.2, 0.25) is 0 Å². The molecular weight excluding hydrogens is 328 g/mol. The summed E-state index contributed by atoms with van der Waals surface area (Å²) in [5.41, 5.74) is 3.24. The van der Waals surface area contributed by atoms with E-state index in [4.69, 9.17) is 9.47 Å². The molecule has 3 aromatic rings. The lowest BCUT2D eigenvalue weighted by atomic mass is 9.95. The summed E-state index contributed by atoms with van der Waals surface area (Å²) in [6.45, 7) is 0. The number of rotatable bonds is 4. The third-order valence-electron chi connectivity index (χ3n) is 4.44. The lowest BCUT2D eigenvalue weighted by Crippen LogP contribution is -2.12. The molecule has 0 saturated carbocycles. The molecule has 0 bridgehead atoms. The van der Waals surface area contributed by atoms with Gasteiger partial charge in [0.1, 0.15) is 17.2 Å². The topological polar surface area (TPSA) is 61.3 Å². The molecule has 0 saturated heterocycles. The Hall–Kier alpha value is -3.21. The van der Waals surface area contributed by atoms with Crippen molar-refractivity contribution in [1.82, 2.24) is 9.97 Å². The largest absolute Gasteiger partial charge is 0.496 e. The van der Waals surface area contributed by atoms with Crippen LogP contribution in [0.4, 0.5) is 0 Å². The number of nitrogens with zero attached hydrogens (tertiary/aromatic N) is 2. The number of para-hydroxylation sites is 1. The van der Waals surface area contributed by atoms with Gasteiger partial charge in [-0.1, -0.05) is 18.2 Å². The number of aromatic nitrogens is 2. The number of hydrogen-bond donors (Lipinski definition) is 0. The van der Waals surface area contributed by atoms with E-state index in [1.807, 2.05) is 42.5 Å². The number of methoxy groups -OCH3 is 1. The molecule has 0 aliphatic heterocycles. The van der Waals surface area contributed by atoms with Crippen LogP contribution in [0, 0.1) is 0 Å². The number of carbonyl (C=O) groups is 1. The number of carbonyl (C=O) groups excluding carboxylic acids is 1. The normalized spacial score (nSPS) is 13.2. The Bertz CT molecular complexity index is 969. The highest BCUT2D eigenvalue weighted by atomic mass is 16.5. The molecule has 5 nitrogen and oxygen atoms in total. The zero-order chi connectivity index (χ0) is 17.9. The first-order chi connectivity index (χ1) is 12.8. The predicted octanol–water partition coefficient (Wildman–Crippen LogP) is 4.46. The predicted molar refractivity (Wildman–Crippen MR) is 97.8 cm³/mol. The Morgan fingerprint density at radius 3 is 2.73 bits per heavy atom. The fourth-order valence-electron chi connectivity index (χ4n) is 3.20. The average molecular weight is 346 g/mol. The van der Waals surface area contributed by atoms with Crippen molar-refractivity contribution in [3.05, 3.63) is 66.1 Å². The smallest absolute Gasteiger partial charge is 0.227 e. The second-order valence-corrected chi connectivity index (χ2v) is 6.11. The summed E-state index contributed by atoms with van der Waals surface area (Å²) < 4.78 is 11.5. The number of benzene rings is 1. The standard InChI is InChI=1S/C21H18N2O3/c1-25-19-10-3-2-7-16(19)17-8-5-11-22-21(17)26-15-12-14-6-4-9-18(24)20(14)23-13-15/h2-3,5,7-8,10-13H,4,6,9H2,1H3. The molecule has 0 unspecified atom stereocenters. The minimum atomic E-state index is 0.102. The van der Waals surface area contributed by atoms with Crippen LogP contribution in [0.15, 0.2) is 54.9 Å². The van der Waals surface area contributed by atoms with Gasteiger partial charge in [0.05, 0.1) is 13.3 Å². The van der Waals surface area contributed by atoms with E-state index in [9.17, 15) is 4.79 Å². The molecule has 26 heavy (non-hydrogen) atoms. The SMILES string of the molecule is COc1ccccc1-c1cccnc1Oc1cnc2c(c1)CCCC2=O. The van der Waals surface area contributed by atoms with Gasteiger partial charge in [0.2, 0.25) is 5.88 Å². The van der Waals surface area contributed by atoms with Gasteiger partial charge in [-0.15, -0.1) is 0 Å². The summed E-state index contributed by atoms with van der Waals surface area (Å²) in [7, 11) is 1.64. The van der Waals surface area contributed by atoms with Crippen molar-refractivity contribution in [2.75, 3.05) is 7.11 Å². The number of pyridine rings is 2. The highest BCUT2D eigenvalue weighted by Crippen LogP contribution is 2.37. The first kappa shape index (κ1) is 16.3. The Morgan fingerprint density at radius 1 is 1.00 bits per heavy atom. The van der Waals surface area contributed by atoms with Gasteiger partial charge in [0.25, 0.3) is 0 Å². The van der Waals surface area contributed by atoms with Crippen LogP contribution in [0.1, 0.15) is 28.9 Å². The summed E-state index contributed by atoms with van der Waals surface area (Å²) in [4.78, 5) is 20.6. The summed E-state index contributed by atoms with van der Waals surface area (Å²) in [6.07, 6.45) is 5.53. The fraction of sp³-hybridized carbons (Fsp3) is 0.190. The second kappa shape index (κ2) is 6.96. The minimum Gasteiger partial charge on any atom is -0.496 e. The molecule has 1 aromatic carbocycles. The number of fused-ring (bicyclic) bond motifs is 1. The monoisotopic (exact) mass is 346 g/mol. The van der Waals surface area contributed by atoms with E-state index in [-0.39, 0.29) is 5.78 Å². The number of ether oxygens (including phenoxy) is 2. The van der Waals surface area contributed by atoms with E-state index in [0.717, 1.165) is 35.3 Å². The van der Waals surface area contributed by atoms with Crippen molar-refractivity contribution in [3.8, 4) is 28.5 Å². The van der Waals surface area contributed by atoms with Crippen LogP contribution in [0.25, 0.3) is 11.1 Å². The van der Waals surface area contributed by atoms with Crippen LogP contribution >= 0.6 is 0 Å². The third-order valence-corrected chi connectivity index (χ3v) is 4.44. The van der Waals surface area contributed by atoms with E-state index < -0.39 is 0 Å². The molecule has 0 radical (unpaired) electrons. The van der Waals surface area contributed by atoms with Crippen LogP contribution in [0.5, 0.6) is 17.4 Å². The van der Waals surface area contributed by atoms with Crippen molar-refractivity contribution >= 4 is 5.78 Å². The third kappa shape index (κ3) is 3.04. The zero-order valence-corrected chi connectivity index (χ0v) is 14.4. The lowest BCUT2D eigenvalue weighted by Gasteiger charge is -2.16. The van der Waals surface area contributed by atoms with E-state index in [2.05, 4.69) is 9.97 Å². The second-order valence-electron chi connectivity index (χ2n) is 6.11. The highest BCUT2D eigenvalue weighted by Gasteiger charge is 2.20. The molecule has 0 amide bonds. The first-order valence-electron chi connectivity index (χ1n) is 8.54. The van der Waals surface area contributed by atoms with Crippen LogP contribution in [-0.4, -0.2) is 22.9 Å². The summed E-state index contributed by atoms with van der Waals surface area (Å²) in [6, 6.07) is 13.4. The van der Waals surface area contributed by atoms with Crippen molar-refractivity contribution in [1.29, 1.82) is 0 Å². The van der Waals surface area contributed by atoms with Crippen molar-refractivity contribution in [2.45, 2.75) is 19.3 Å². The molecule has 0 N–H and O–H groups in total. The summed E-state index contributed by atoms with van der Waals surface area (Å²) in [5.74, 6) is 1.90. The molecule has 0 spiro atoms. The molecule has 0 fully saturated rings. The minimum absolute atomic E-state index is 0.102. The maximum Gasteiger partial charge on any atom is 0.227 e. The van der Waals surface area contributed by atoms with Gasteiger partial charge in [0.15, 0.2) is 5.78 Å². The van der Waals surface area contributed by atoms with Gasteiger partial charge in [0, 0.05) is 23.7 Å². The molecule has 0 atom stereocenters. The van der Waals surface area contributed by atoms with Crippen LogP contribution in [0.3, 0.4) is 0 Å². The Morgan fingerprint density at radius 2 is 1.85 bits per heavy atom. The highest BCUT2D eigenvalue weighted by molar-refractivity contribution is 5.96. The Balaban J connectivity index is 1.71. The van der Waals surface area contributed by atoms with Gasteiger partial charge in [-0.3, -0.25) is 4.79 Å². The van der Waals surface area contributed by atoms with Gasteiger partial charge in [-0.05, 0) is 42.7 Å². The number of ketones is 1. The maximum atomic E-state index is 11.9. The van der Waals surface area contributed by atoms with Gasteiger partial charge >= 0.3 is 0 Å². The molecule has 130 valence electrons. The molecule has 5 heteroatoms. The van der Waals surface area contributed by atoms with Crippen LogP contribution in [-0.2, 0) is 6.42 Å². The molecule has 4 rings (SSSR count). The summed E-state index contributed by atoms with van der Waals surface area (Å²) >= 11 is 0. The molecular formula is C21H18N2O3. The van der Waals surface area contributed by atoms with Gasteiger partial charge in [-0.2, -0.15) is 0 Å². The molecule has 1 aliphatic rings. The molecule has 2 heterocycles. The molecule has 2 aromatic heterocycles. The summed E-state index contributed by atoms with van der Waals surface area (Å²) in [5, 5.41) is 0. The van der Waals surface area contributed by atoms with Crippen molar-refractivity contribution in [2.24, 2.45) is 0 Å². The number of hydrogen-bond acceptors (Lipinski definition) is 5. The van der Waals surface area contributed by atoms with Crippen molar-refractivity contribution in [3.63, 3.8) is 0 Å². The Labute approximate surface area is 151 Å². The van der Waals surface area contributed by atoms with Crippen LogP contribution < -0.4 is 9.47 Å². The van der Waals surface area contributed by atoms with E-state index >= 15 is 0 Å². The first-order valence-corrected chi connectivity index (χ1v) is 8.54. The van der Waals surface area contributed by atoms with E-state index in [1.54, 1.807) is 19.5 Å². The maximum absolute atomic E-state index is 11.9. The average Bonchev–Trinajstić information content (AvgIpc) is 2.68. The number of Topliss-reactive ketones (excluding diaryl/α,β-unsaturated/α-hetero) is 1. The Kier molecular flexibility index (Phi) is 4.35. The van der Waals surface area contributed by atoms with Gasteiger partial charge < -0.3 is 9.47 Å². The quantitative estimate of drug-likeness (QED) is 0.698.